The van der Waals surface area contributed by atoms with Gasteiger partial charge in [-0.2, -0.15) is 0 Å². The van der Waals surface area contributed by atoms with Gasteiger partial charge in [0, 0.05) is 5.75 Å². The molecule has 0 aromatic rings. The zero-order valence-corrected chi connectivity index (χ0v) is 17.3. The van der Waals surface area contributed by atoms with Crippen LogP contribution in [-0.2, 0) is 8.71 Å². The third kappa shape index (κ3) is 22.6. The molecular weight excluding hydrogens is 343 g/mol. The van der Waals surface area contributed by atoms with Gasteiger partial charge in [0.1, 0.15) is 0 Å². The van der Waals surface area contributed by atoms with Crippen LogP contribution in [0, 0.1) is 0 Å². The summed E-state index contributed by atoms with van der Waals surface area (Å²) >= 11 is 1.34. The first-order valence-electron chi connectivity index (χ1n) is 9.82. The van der Waals surface area contributed by atoms with Crippen LogP contribution in [0.2, 0.25) is 0 Å². The zero-order chi connectivity index (χ0) is 17.7. The van der Waals surface area contributed by atoms with Crippen molar-refractivity contribution in [2.45, 2.75) is 96.8 Å². The fourth-order valence-corrected chi connectivity index (χ4v) is 3.51. The maximum atomic E-state index is 8.54. The first kappa shape index (κ1) is 24.6. The van der Waals surface area contributed by atoms with Crippen molar-refractivity contribution in [2.24, 2.45) is 0 Å². The molecule has 0 aromatic heterocycles. The fraction of sp³-hybridized carbons (Fsp3) is 1.00. The van der Waals surface area contributed by atoms with Crippen molar-refractivity contribution < 1.29 is 18.5 Å². The van der Waals surface area contributed by atoms with E-state index in [1.807, 2.05) is 0 Å². The SMILES string of the molecule is CCCCCCCCCCCCCCCCOSCCOP(O)O. The Morgan fingerprint density at radius 1 is 0.667 bits per heavy atom. The van der Waals surface area contributed by atoms with Crippen LogP contribution in [-0.4, -0.2) is 28.8 Å². The van der Waals surface area contributed by atoms with Crippen molar-refractivity contribution in [3.05, 3.63) is 0 Å². The van der Waals surface area contributed by atoms with Gasteiger partial charge in [0.25, 0.3) is 0 Å². The van der Waals surface area contributed by atoms with Gasteiger partial charge < -0.3 is 18.5 Å². The van der Waals surface area contributed by atoms with E-state index in [2.05, 4.69) is 11.4 Å². The molecule has 0 aromatic carbocycles. The van der Waals surface area contributed by atoms with E-state index in [4.69, 9.17) is 14.0 Å². The normalized spacial score (nSPS) is 11.5. The van der Waals surface area contributed by atoms with E-state index in [1.165, 1.54) is 95.5 Å². The molecule has 0 radical (unpaired) electrons. The third-order valence-electron chi connectivity index (χ3n) is 4.04. The van der Waals surface area contributed by atoms with Gasteiger partial charge in [0.2, 0.25) is 0 Å². The summed E-state index contributed by atoms with van der Waals surface area (Å²) < 4.78 is 10.0. The van der Waals surface area contributed by atoms with Crippen LogP contribution in [0.1, 0.15) is 96.8 Å². The number of unbranched alkanes of at least 4 members (excludes halogenated alkanes) is 13. The molecule has 0 spiro atoms. The molecule has 0 saturated carbocycles. The van der Waals surface area contributed by atoms with Crippen molar-refractivity contribution in [3.8, 4) is 0 Å². The lowest BCUT2D eigenvalue weighted by atomic mass is 10.0. The molecule has 146 valence electrons. The molecule has 6 heteroatoms. The predicted octanol–water partition coefficient (Wildman–Crippen LogP) is 6.36. The molecule has 0 fully saturated rings. The van der Waals surface area contributed by atoms with Crippen LogP contribution < -0.4 is 0 Å². The average molecular weight is 383 g/mol. The van der Waals surface area contributed by atoms with E-state index in [0.717, 1.165) is 13.0 Å². The second-order valence-electron chi connectivity index (χ2n) is 6.33. The van der Waals surface area contributed by atoms with Crippen LogP contribution in [0.25, 0.3) is 0 Å². The Balaban J connectivity index is 2.95. The maximum absolute atomic E-state index is 8.54. The highest BCUT2D eigenvalue weighted by Crippen LogP contribution is 2.24. The molecule has 0 bridgehead atoms. The molecule has 4 nitrogen and oxygen atoms in total. The van der Waals surface area contributed by atoms with Gasteiger partial charge in [-0.05, 0) is 18.5 Å². The molecule has 0 rings (SSSR count). The molecule has 0 amide bonds. The number of hydrogen-bond acceptors (Lipinski definition) is 5. The summed E-state index contributed by atoms with van der Waals surface area (Å²) in [7, 11) is -2.21. The summed E-state index contributed by atoms with van der Waals surface area (Å²) in [4.78, 5) is 17.1. The van der Waals surface area contributed by atoms with Gasteiger partial charge in [0.15, 0.2) is 0 Å². The Labute approximate surface area is 155 Å². The van der Waals surface area contributed by atoms with E-state index in [9.17, 15) is 0 Å². The lowest BCUT2D eigenvalue weighted by Crippen LogP contribution is -1.95. The van der Waals surface area contributed by atoms with Crippen LogP contribution in [0.3, 0.4) is 0 Å². The molecule has 0 aliphatic heterocycles. The van der Waals surface area contributed by atoms with Gasteiger partial charge in [-0.1, -0.05) is 90.4 Å². The second-order valence-corrected chi connectivity index (χ2v) is 7.97. The van der Waals surface area contributed by atoms with Gasteiger partial charge in [-0.3, -0.25) is 0 Å². The standard InChI is InChI=1S/C18H39O4PS/c1-2-3-4-5-6-7-8-9-10-11-12-13-14-15-16-22-24-18-17-21-23(19)20/h19-20H,2-18H2,1H3. The second kappa shape index (κ2) is 21.7. The molecule has 0 aliphatic carbocycles. The summed E-state index contributed by atoms with van der Waals surface area (Å²) in [6, 6.07) is 0. The summed E-state index contributed by atoms with van der Waals surface area (Å²) in [5, 5.41) is 0. The highest BCUT2D eigenvalue weighted by Gasteiger charge is 1.98. The van der Waals surface area contributed by atoms with Gasteiger partial charge in [-0.15, -0.1) is 0 Å². The highest BCUT2D eigenvalue weighted by molar-refractivity contribution is 7.94. The lowest BCUT2D eigenvalue weighted by Gasteiger charge is -2.05. The van der Waals surface area contributed by atoms with Crippen LogP contribution in [0.15, 0.2) is 0 Å². The third-order valence-corrected chi connectivity index (χ3v) is 5.12. The van der Waals surface area contributed by atoms with Crippen molar-refractivity contribution in [3.63, 3.8) is 0 Å². The minimum absolute atomic E-state index is 0.322. The van der Waals surface area contributed by atoms with Crippen molar-refractivity contribution in [2.75, 3.05) is 19.0 Å². The summed E-state index contributed by atoms with van der Waals surface area (Å²) in [6.07, 6.45) is 19.1. The molecule has 2 N–H and O–H groups in total. The Hall–Kier alpha value is 0.620. The molecule has 0 saturated heterocycles. The molecule has 0 unspecified atom stereocenters. The molecule has 0 heterocycles. The summed E-state index contributed by atoms with van der Waals surface area (Å²) in [5.74, 6) is 0.637. The Kier molecular flexibility index (Phi) is 22.2. The Bertz CT molecular complexity index is 233. The van der Waals surface area contributed by atoms with Crippen molar-refractivity contribution in [1.29, 1.82) is 0 Å². The number of rotatable bonds is 20. The first-order valence-corrected chi connectivity index (χ1v) is 11.9. The minimum atomic E-state index is -2.21. The van der Waals surface area contributed by atoms with Crippen LogP contribution >= 0.6 is 20.6 Å². The Morgan fingerprint density at radius 2 is 1.12 bits per heavy atom. The van der Waals surface area contributed by atoms with E-state index >= 15 is 0 Å². The lowest BCUT2D eigenvalue weighted by molar-refractivity contribution is 0.269. The summed E-state index contributed by atoms with van der Waals surface area (Å²) in [5.41, 5.74) is 0. The molecular formula is C18H39O4PS. The molecule has 0 atom stereocenters. The zero-order valence-electron chi connectivity index (χ0n) is 15.6. The van der Waals surface area contributed by atoms with Crippen LogP contribution in [0.5, 0.6) is 0 Å². The highest BCUT2D eigenvalue weighted by atomic mass is 32.2. The molecule has 0 aliphatic rings. The minimum Gasteiger partial charge on any atom is -0.328 e. The molecule has 24 heavy (non-hydrogen) atoms. The van der Waals surface area contributed by atoms with E-state index in [0.29, 0.717) is 12.4 Å². The maximum Gasteiger partial charge on any atom is 0.327 e. The van der Waals surface area contributed by atoms with Gasteiger partial charge in [-0.25, -0.2) is 0 Å². The quantitative estimate of drug-likeness (QED) is 0.146. The number of hydrogen-bond donors (Lipinski definition) is 2. The Morgan fingerprint density at radius 3 is 1.58 bits per heavy atom. The van der Waals surface area contributed by atoms with Gasteiger partial charge in [0.05, 0.1) is 13.2 Å². The van der Waals surface area contributed by atoms with Gasteiger partial charge >= 0.3 is 8.60 Å². The smallest absolute Gasteiger partial charge is 0.327 e. The first-order chi connectivity index (χ1) is 11.8. The summed E-state index contributed by atoms with van der Waals surface area (Å²) in [6.45, 7) is 3.37. The fourth-order valence-electron chi connectivity index (χ4n) is 2.63. The van der Waals surface area contributed by atoms with E-state index in [-0.39, 0.29) is 0 Å². The van der Waals surface area contributed by atoms with E-state index < -0.39 is 8.60 Å². The van der Waals surface area contributed by atoms with Crippen molar-refractivity contribution in [1.82, 2.24) is 0 Å². The average Bonchev–Trinajstić information content (AvgIpc) is 2.56. The van der Waals surface area contributed by atoms with Crippen LogP contribution in [0.4, 0.5) is 0 Å². The van der Waals surface area contributed by atoms with Crippen molar-refractivity contribution >= 4 is 20.6 Å². The predicted molar refractivity (Wildman–Crippen MR) is 106 cm³/mol. The topological polar surface area (TPSA) is 58.9 Å². The van der Waals surface area contributed by atoms with E-state index in [1.54, 1.807) is 0 Å². The monoisotopic (exact) mass is 382 g/mol. The largest absolute Gasteiger partial charge is 0.328 e.